The van der Waals surface area contributed by atoms with Crippen molar-refractivity contribution in [1.82, 2.24) is 10.2 Å². The third-order valence-corrected chi connectivity index (χ3v) is 4.87. The highest BCUT2D eigenvalue weighted by Gasteiger charge is 2.43. The van der Waals surface area contributed by atoms with Crippen LogP contribution in [0.3, 0.4) is 0 Å². The van der Waals surface area contributed by atoms with E-state index >= 15 is 0 Å². The number of rotatable bonds is 2. The van der Waals surface area contributed by atoms with E-state index in [1.54, 1.807) is 0 Å². The third kappa shape index (κ3) is 1.97. The molecule has 0 aromatic rings. The first-order chi connectivity index (χ1) is 8.29. The van der Waals surface area contributed by atoms with Crippen LogP contribution in [0.25, 0.3) is 0 Å². The first-order valence-electron chi connectivity index (χ1n) is 6.91. The largest absolute Gasteiger partial charge is 0.394 e. The fourth-order valence-corrected chi connectivity index (χ4v) is 3.92. The molecule has 1 aliphatic carbocycles. The van der Waals surface area contributed by atoms with Crippen LogP contribution >= 0.6 is 0 Å². The number of nitrogens with zero attached hydrogens (tertiary/aromatic N) is 1. The Morgan fingerprint density at radius 1 is 1.29 bits per heavy atom. The maximum Gasteiger partial charge on any atom is 0.226 e. The predicted octanol–water partition coefficient (Wildman–Crippen LogP) is 0.215. The molecule has 0 radical (unpaired) electrons. The zero-order valence-electron chi connectivity index (χ0n) is 10.3. The zero-order chi connectivity index (χ0) is 11.8. The average Bonchev–Trinajstić information content (AvgIpc) is 3.02. The fraction of sp³-hybridized carbons (Fsp3) is 0.923. The normalized spacial score (nSPS) is 40.9. The highest BCUT2D eigenvalue weighted by atomic mass is 16.3. The standard InChI is InChI=1S/C13H22N2O2/c16-8-12-2-1-3-15(12)13(17)9-4-10-6-14-7-11(10)5-9/h9-12,14,16H,1-8H2/t9?,10-,11+,12-/m0/s1. The summed E-state index contributed by atoms with van der Waals surface area (Å²) < 4.78 is 0. The van der Waals surface area contributed by atoms with E-state index in [0.29, 0.717) is 5.91 Å². The molecule has 3 fully saturated rings. The predicted molar refractivity (Wildman–Crippen MR) is 64.4 cm³/mol. The molecule has 4 heteroatoms. The minimum Gasteiger partial charge on any atom is -0.394 e. The Morgan fingerprint density at radius 3 is 2.65 bits per heavy atom. The third-order valence-electron chi connectivity index (χ3n) is 4.87. The van der Waals surface area contributed by atoms with Gasteiger partial charge in [-0.3, -0.25) is 4.79 Å². The molecule has 17 heavy (non-hydrogen) atoms. The Bertz CT molecular complexity index is 296. The molecule has 1 unspecified atom stereocenters. The molecule has 0 bridgehead atoms. The molecular formula is C13H22N2O2. The number of carbonyl (C=O) groups excluding carboxylic acids is 1. The van der Waals surface area contributed by atoms with Crippen molar-refractivity contribution in [1.29, 1.82) is 0 Å². The number of fused-ring (bicyclic) bond motifs is 1. The van der Waals surface area contributed by atoms with Gasteiger partial charge in [-0.2, -0.15) is 0 Å². The SMILES string of the molecule is O=C(C1C[C@H]2CNC[C@H]2C1)N1CCC[C@H]1CO. The molecule has 96 valence electrons. The van der Waals surface area contributed by atoms with Crippen LogP contribution in [0, 0.1) is 17.8 Å². The number of hydrogen-bond donors (Lipinski definition) is 2. The van der Waals surface area contributed by atoms with Gasteiger partial charge in [-0.1, -0.05) is 0 Å². The van der Waals surface area contributed by atoms with Crippen LogP contribution < -0.4 is 5.32 Å². The second-order valence-corrected chi connectivity index (χ2v) is 5.86. The molecule has 2 aliphatic heterocycles. The molecule has 4 atom stereocenters. The highest BCUT2D eigenvalue weighted by Crippen LogP contribution is 2.40. The minimum absolute atomic E-state index is 0.0982. The van der Waals surface area contributed by atoms with Crippen LogP contribution in [0.15, 0.2) is 0 Å². The summed E-state index contributed by atoms with van der Waals surface area (Å²) in [5.74, 6) is 1.99. The Hall–Kier alpha value is -0.610. The van der Waals surface area contributed by atoms with Crippen LogP contribution in [0.5, 0.6) is 0 Å². The first-order valence-corrected chi connectivity index (χ1v) is 6.91. The highest BCUT2D eigenvalue weighted by molar-refractivity contribution is 5.79. The van der Waals surface area contributed by atoms with Crippen molar-refractivity contribution < 1.29 is 9.90 Å². The van der Waals surface area contributed by atoms with Gasteiger partial charge in [0.15, 0.2) is 0 Å². The average molecular weight is 238 g/mol. The number of hydrogen-bond acceptors (Lipinski definition) is 3. The number of likely N-dealkylation sites (tertiary alicyclic amines) is 1. The minimum atomic E-state index is 0.0982. The number of carbonyl (C=O) groups is 1. The number of nitrogens with one attached hydrogen (secondary N) is 1. The number of amides is 1. The maximum atomic E-state index is 12.4. The smallest absolute Gasteiger partial charge is 0.226 e. The van der Waals surface area contributed by atoms with Crippen LogP contribution in [-0.4, -0.2) is 48.2 Å². The van der Waals surface area contributed by atoms with Gasteiger partial charge < -0.3 is 15.3 Å². The lowest BCUT2D eigenvalue weighted by Gasteiger charge is -2.26. The topological polar surface area (TPSA) is 52.6 Å². The van der Waals surface area contributed by atoms with Crippen molar-refractivity contribution in [2.45, 2.75) is 31.7 Å². The second-order valence-electron chi connectivity index (χ2n) is 5.86. The monoisotopic (exact) mass is 238 g/mol. The lowest BCUT2D eigenvalue weighted by atomic mass is 10.0. The van der Waals surface area contributed by atoms with Crippen molar-refractivity contribution in [3.8, 4) is 0 Å². The van der Waals surface area contributed by atoms with E-state index in [9.17, 15) is 9.90 Å². The van der Waals surface area contributed by atoms with Crippen LogP contribution in [0.2, 0.25) is 0 Å². The van der Waals surface area contributed by atoms with Gasteiger partial charge in [-0.05, 0) is 50.6 Å². The summed E-state index contributed by atoms with van der Waals surface area (Å²) in [7, 11) is 0. The van der Waals surface area contributed by atoms with Crippen molar-refractivity contribution >= 4 is 5.91 Å². The summed E-state index contributed by atoms with van der Waals surface area (Å²) in [5, 5.41) is 12.7. The van der Waals surface area contributed by atoms with Crippen molar-refractivity contribution in [3.05, 3.63) is 0 Å². The Morgan fingerprint density at radius 2 is 2.00 bits per heavy atom. The maximum absolute atomic E-state index is 12.4. The molecule has 0 spiro atoms. The fourth-order valence-electron chi connectivity index (χ4n) is 3.92. The molecule has 1 saturated carbocycles. The Kier molecular flexibility index (Phi) is 3.09. The van der Waals surface area contributed by atoms with Crippen LogP contribution in [0.4, 0.5) is 0 Å². The molecular weight excluding hydrogens is 216 g/mol. The summed E-state index contributed by atoms with van der Waals surface area (Å²) >= 11 is 0. The van der Waals surface area contributed by atoms with Gasteiger partial charge in [0.2, 0.25) is 5.91 Å². The van der Waals surface area contributed by atoms with E-state index in [0.717, 1.165) is 57.2 Å². The molecule has 1 amide bonds. The summed E-state index contributed by atoms with van der Waals surface area (Å²) in [5.41, 5.74) is 0. The molecule has 2 N–H and O–H groups in total. The Labute approximate surface area is 102 Å². The molecule has 4 nitrogen and oxygen atoms in total. The summed E-state index contributed by atoms with van der Waals surface area (Å²) in [4.78, 5) is 14.4. The van der Waals surface area contributed by atoms with Gasteiger partial charge in [0.1, 0.15) is 0 Å². The molecule has 3 rings (SSSR count). The number of aliphatic hydroxyl groups is 1. The van der Waals surface area contributed by atoms with Gasteiger partial charge >= 0.3 is 0 Å². The van der Waals surface area contributed by atoms with Crippen LogP contribution in [-0.2, 0) is 4.79 Å². The molecule has 0 aromatic heterocycles. The van der Waals surface area contributed by atoms with Gasteiger partial charge in [0, 0.05) is 12.5 Å². The first kappa shape index (κ1) is 11.5. The molecule has 2 heterocycles. The van der Waals surface area contributed by atoms with Crippen molar-refractivity contribution in [3.63, 3.8) is 0 Å². The van der Waals surface area contributed by atoms with Gasteiger partial charge in [-0.15, -0.1) is 0 Å². The summed E-state index contributed by atoms with van der Waals surface area (Å²) in [6, 6.07) is 0.0982. The van der Waals surface area contributed by atoms with E-state index in [2.05, 4.69) is 5.32 Å². The van der Waals surface area contributed by atoms with Crippen LogP contribution in [0.1, 0.15) is 25.7 Å². The molecule has 0 aromatic carbocycles. The quantitative estimate of drug-likeness (QED) is 0.723. The van der Waals surface area contributed by atoms with Gasteiger partial charge in [-0.25, -0.2) is 0 Å². The van der Waals surface area contributed by atoms with Gasteiger partial charge in [0.05, 0.1) is 12.6 Å². The number of aliphatic hydroxyl groups excluding tert-OH is 1. The summed E-state index contributed by atoms with van der Waals surface area (Å²) in [6.07, 6.45) is 4.15. The van der Waals surface area contributed by atoms with E-state index in [1.807, 2.05) is 4.90 Å². The molecule has 2 saturated heterocycles. The second kappa shape index (κ2) is 4.58. The summed E-state index contributed by atoms with van der Waals surface area (Å²) in [6.45, 7) is 3.18. The van der Waals surface area contributed by atoms with Crippen molar-refractivity contribution in [2.24, 2.45) is 17.8 Å². The zero-order valence-corrected chi connectivity index (χ0v) is 10.3. The Balaban J connectivity index is 1.63. The van der Waals surface area contributed by atoms with E-state index in [-0.39, 0.29) is 18.6 Å². The lowest BCUT2D eigenvalue weighted by molar-refractivity contribution is -0.137. The van der Waals surface area contributed by atoms with E-state index in [1.165, 1.54) is 0 Å². The van der Waals surface area contributed by atoms with Crippen molar-refractivity contribution in [2.75, 3.05) is 26.2 Å². The van der Waals surface area contributed by atoms with E-state index in [4.69, 9.17) is 0 Å². The van der Waals surface area contributed by atoms with E-state index < -0.39 is 0 Å². The molecule has 3 aliphatic rings. The lowest BCUT2D eigenvalue weighted by Crippen LogP contribution is -2.41. The van der Waals surface area contributed by atoms with Gasteiger partial charge in [0.25, 0.3) is 0 Å².